The van der Waals surface area contributed by atoms with Crippen molar-refractivity contribution in [3.63, 3.8) is 0 Å². The summed E-state index contributed by atoms with van der Waals surface area (Å²) in [5.74, 6) is 1.47. The topological polar surface area (TPSA) is 105 Å². The van der Waals surface area contributed by atoms with Gasteiger partial charge in [0.25, 0.3) is 0 Å². The summed E-state index contributed by atoms with van der Waals surface area (Å²) in [4.78, 5) is 11.0. The molecule has 0 unspecified atom stereocenters. The number of hydrogen-bond acceptors (Lipinski definition) is 7. The van der Waals surface area contributed by atoms with E-state index in [9.17, 15) is 5.11 Å². The molecule has 0 amide bonds. The van der Waals surface area contributed by atoms with E-state index in [4.69, 9.17) is 5.73 Å². The zero-order valence-corrected chi connectivity index (χ0v) is 16.5. The Labute approximate surface area is 174 Å². The number of rotatable bonds is 5. The first-order chi connectivity index (χ1) is 14.7. The molecular weight excluding hydrogens is 378 g/mol. The molecule has 0 spiro atoms. The minimum atomic E-state index is 0.0110. The maximum atomic E-state index is 9.51. The zero-order valence-electron chi connectivity index (χ0n) is 16.5. The Bertz CT molecular complexity index is 1170. The predicted octanol–water partition coefficient (Wildman–Crippen LogP) is 2.53. The summed E-state index contributed by atoms with van der Waals surface area (Å²) in [7, 11) is 0. The fourth-order valence-corrected chi connectivity index (χ4v) is 3.92. The van der Waals surface area contributed by atoms with Gasteiger partial charge in [0.2, 0.25) is 0 Å². The number of aromatic nitrogens is 4. The van der Waals surface area contributed by atoms with Gasteiger partial charge in [0.1, 0.15) is 11.6 Å². The van der Waals surface area contributed by atoms with Crippen molar-refractivity contribution in [1.29, 1.82) is 0 Å². The van der Waals surface area contributed by atoms with E-state index in [1.807, 2.05) is 41.2 Å². The van der Waals surface area contributed by atoms with E-state index in [1.165, 1.54) is 0 Å². The number of nitrogen functional groups attached to an aromatic ring is 1. The second-order valence-electron chi connectivity index (χ2n) is 7.39. The molecule has 5 rings (SSSR count). The minimum absolute atomic E-state index is 0.0110. The third-order valence-electron chi connectivity index (χ3n) is 5.58. The summed E-state index contributed by atoms with van der Waals surface area (Å²) in [6, 6.07) is 12.1. The molecule has 4 heterocycles. The second-order valence-corrected chi connectivity index (χ2v) is 7.39. The standard InChI is InChI=1S/C22H23N7O/c23-22-18-2-1-3-19(17(18)6-7-24-22)25-10-15-4-5-21(26-11-15)28-8-9-29-20(13-28)16(14-30)12-27-29/h1-7,11-12,25,30H,8-10,13-14H2,(H2,23,24). The molecule has 8 heteroatoms. The molecule has 1 aliphatic heterocycles. The zero-order chi connectivity index (χ0) is 20.5. The van der Waals surface area contributed by atoms with Gasteiger partial charge >= 0.3 is 0 Å². The maximum Gasteiger partial charge on any atom is 0.131 e. The molecule has 0 saturated carbocycles. The third-order valence-corrected chi connectivity index (χ3v) is 5.58. The van der Waals surface area contributed by atoms with E-state index in [2.05, 4.69) is 31.3 Å². The number of nitrogens with two attached hydrogens (primary N) is 1. The Balaban J connectivity index is 1.29. The molecule has 1 aliphatic rings. The van der Waals surface area contributed by atoms with E-state index in [0.717, 1.165) is 52.2 Å². The molecule has 0 bridgehead atoms. The van der Waals surface area contributed by atoms with Crippen molar-refractivity contribution in [3.8, 4) is 0 Å². The Kier molecular flexibility index (Phi) is 4.68. The number of nitrogens with one attached hydrogen (secondary N) is 1. The van der Waals surface area contributed by atoms with Crippen molar-refractivity contribution in [2.24, 2.45) is 0 Å². The molecule has 0 fully saturated rings. The van der Waals surface area contributed by atoms with E-state index in [0.29, 0.717) is 18.9 Å². The van der Waals surface area contributed by atoms with Gasteiger partial charge in [-0.25, -0.2) is 9.97 Å². The maximum absolute atomic E-state index is 9.51. The normalized spacial score (nSPS) is 13.4. The molecule has 3 aromatic heterocycles. The Hall–Kier alpha value is -3.65. The summed E-state index contributed by atoms with van der Waals surface area (Å²) in [6.45, 7) is 3.01. The largest absolute Gasteiger partial charge is 0.392 e. The van der Waals surface area contributed by atoms with Gasteiger partial charge in [-0.2, -0.15) is 5.10 Å². The van der Waals surface area contributed by atoms with Crippen LogP contribution in [0.15, 0.2) is 55.0 Å². The lowest BCUT2D eigenvalue weighted by Crippen LogP contribution is -2.34. The third kappa shape index (κ3) is 3.31. The summed E-state index contributed by atoms with van der Waals surface area (Å²) in [6.07, 6.45) is 5.38. The molecule has 152 valence electrons. The molecule has 0 aliphatic carbocycles. The molecule has 0 atom stereocenters. The fourth-order valence-electron chi connectivity index (χ4n) is 3.92. The lowest BCUT2D eigenvalue weighted by atomic mass is 10.1. The minimum Gasteiger partial charge on any atom is -0.392 e. The molecule has 1 aromatic carbocycles. The number of pyridine rings is 2. The van der Waals surface area contributed by atoms with Crippen LogP contribution in [0.5, 0.6) is 0 Å². The average Bonchev–Trinajstić information content (AvgIpc) is 3.21. The Morgan fingerprint density at radius 3 is 2.80 bits per heavy atom. The van der Waals surface area contributed by atoms with Gasteiger partial charge in [0.15, 0.2) is 0 Å². The first kappa shape index (κ1) is 18.4. The van der Waals surface area contributed by atoms with Crippen molar-refractivity contribution >= 4 is 28.1 Å². The number of aliphatic hydroxyl groups excluding tert-OH is 1. The van der Waals surface area contributed by atoms with Crippen molar-refractivity contribution in [3.05, 3.63) is 71.8 Å². The monoisotopic (exact) mass is 401 g/mol. The SMILES string of the molecule is Nc1nccc2c(NCc3ccc(N4CCn5ncc(CO)c5C4)nc3)cccc12. The van der Waals surface area contributed by atoms with Crippen LogP contribution in [-0.4, -0.2) is 31.4 Å². The number of nitrogens with zero attached hydrogens (tertiary/aromatic N) is 5. The number of hydrogen-bond donors (Lipinski definition) is 3. The molecule has 0 radical (unpaired) electrons. The molecule has 4 aromatic rings. The van der Waals surface area contributed by atoms with Crippen LogP contribution in [0.2, 0.25) is 0 Å². The molecule has 8 nitrogen and oxygen atoms in total. The van der Waals surface area contributed by atoms with Crippen molar-refractivity contribution < 1.29 is 5.11 Å². The molecular formula is C22H23N7O. The van der Waals surface area contributed by atoms with Crippen LogP contribution in [0.25, 0.3) is 10.8 Å². The van der Waals surface area contributed by atoms with Crippen LogP contribution in [0, 0.1) is 0 Å². The van der Waals surface area contributed by atoms with Crippen LogP contribution in [-0.2, 0) is 26.2 Å². The summed E-state index contributed by atoms with van der Waals surface area (Å²) >= 11 is 0. The summed E-state index contributed by atoms with van der Waals surface area (Å²) in [5, 5.41) is 19.3. The van der Waals surface area contributed by atoms with Crippen molar-refractivity contribution in [2.45, 2.75) is 26.2 Å². The first-order valence-electron chi connectivity index (χ1n) is 9.94. The van der Waals surface area contributed by atoms with Gasteiger partial charge in [-0.1, -0.05) is 18.2 Å². The van der Waals surface area contributed by atoms with E-state index < -0.39 is 0 Å². The lowest BCUT2D eigenvalue weighted by Gasteiger charge is -2.29. The lowest BCUT2D eigenvalue weighted by molar-refractivity contribution is 0.279. The number of fused-ring (bicyclic) bond motifs is 2. The van der Waals surface area contributed by atoms with Gasteiger partial charge < -0.3 is 21.1 Å². The van der Waals surface area contributed by atoms with Gasteiger partial charge in [-0.05, 0) is 23.8 Å². The van der Waals surface area contributed by atoms with Crippen molar-refractivity contribution in [1.82, 2.24) is 19.7 Å². The van der Waals surface area contributed by atoms with Gasteiger partial charge in [-0.15, -0.1) is 0 Å². The van der Waals surface area contributed by atoms with Crippen molar-refractivity contribution in [2.75, 3.05) is 22.5 Å². The molecule has 30 heavy (non-hydrogen) atoms. The highest BCUT2D eigenvalue weighted by Gasteiger charge is 2.20. The van der Waals surface area contributed by atoms with Crippen LogP contribution in [0.1, 0.15) is 16.8 Å². The summed E-state index contributed by atoms with van der Waals surface area (Å²) < 4.78 is 1.97. The quantitative estimate of drug-likeness (QED) is 0.472. The smallest absolute Gasteiger partial charge is 0.131 e. The highest BCUT2D eigenvalue weighted by Crippen LogP contribution is 2.27. The van der Waals surface area contributed by atoms with Crippen LogP contribution < -0.4 is 16.0 Å². The average molecular weight is 401 g/mol. The highest BCUT2D eigenvalue weighted by molar-refractivity contribution is 5.99. The second kappa shape index (κ2) is 7.64. The van der Waals surface area contributed by atoms with Gasteiger partial charge in [0.05, 0.1) is 31.6 Å². The van der Waals surface area contributed by atoms with Crippen LogP contribution in [0.3, 0.4) is 0 Å². The highest BCUT2D eigenvalue weighted by atomic mass is 16.3. The Morgan fingerprint density at radius 2 is 1.97 bits per heavy atom. The first-order valence-corrected chi connectivity index (χ1v) is 9.94. The number of anilines is 3. The van der Waals surface area contributed by atoms with E-state index >= 15 is 0 Å². The fraction of sp³-hybridized carbons (Fsp3) is 0.227. The van der Waals surface area contributed by atoms with Gasteiger partial charge in [0, 0.05) is 47.5 Å². The van der Waals surface area contributed by atoms with Gasteiger partial charge in [-0.3, -0.25) is 4.68 Å². The summed E-state index contributed by atoms with van der Waals surface area (Å²) in [5.41, 5.74) is 10.0. The molecule has 0 saturated heterocycles. The Morgan fingerprint density at radius 1 is 1.03 bits per heavy atom. The number of aliphatic hydroxyl groups is 1. The van der Waals surface area contributed by atoms with E-state index in [-0.39, 0.29) is 6.61 Å². The van der Waals surface area contributed by atoms with Crippen LogP contribution >= 0.6 is 0 Å². The predicted molar refractivity (Wildman–Crippen MR) is 117 cm³/mol. The van der Waals surface area contributed by atoms with E-state index in [1.54, 1.807) is 12.4 Å². The molecule has 4 N–H and O–H groups in total. The number of benzene rings is 1. The van der Waals surface area contributed by atoms with Crippen LogP contribution in [0.4, 0.5) is 17.3 Å².